The number of rotatable bonds is 13. The number of amides is 2. The van der Waals surface area contributed by atoms with E-state index >= 15 is 0 Å². The van der Waals surface area contributed by atoms with E-state index in [4.69, 9.17) is 23.2 Å². The lowest BCUT2D eigenvalue weighted by molar-refractivity contribution is -0.140. The molecule has 0 aromatic heterocycles. The molecule has 2 amide bonds. The number of hydrogen-bond donors (Lipinski definition) is 1. The summed E-state index contributed by atoms with van der Waals surface area (Å²) in [6.45, 7) is 4.92. The number of carbonyl (C=O) groups is 2. The lowest BCUT2D eigenvalue weighted by atomic mass is 10.0. The highest BCUT2D eigenvalue weighted by Crippen LogP contribution is 2.27. The van der Waals surface area contributed by atoms with E-state index in [1.807, 2.05) is 51.1 Å². The molecule has 0 aliphatic rings. The highest BCUT2D eigenvalue weighted by molar-refractivity contribution is 7.92. The standard InChI is InChI=1S/C35H36Cl2FN3O4S/c1-4-25(3)39-35(43)33(20-26-8-6-5-7-9-26)40(22-27-12-13-28(36)21-32(27)37)34(42)23-41(30-16-10-24(2)11-17-30)46(44,45)31-18-14-29(38)15-19-31/h5-19,21,25,33H,4,20,22-23H2,1-3H3,(H,39,43)/t25-,33-/m1/s1. The fourth-order valence-corrected chi connectivity index (χ4v) is 6.68. The highest BCUT2D eigenvalue weighted by Gasteiger charge is 2.35. The van der Waals surface area contributed by atoms with Gasteiger partial charge in [0, 0.05) is 29.1 Å². The van der Waals surface area contributed by atoms with Crippen LogP contribution in [0.25, 0.3) is 0 Å². The number of benzene rings is 4. The molecular formula is C35H36Cl2FN3O4S. The Bertz CT molecular complexity index is 1760. The minimum Gasteiger partial charge on any atom is -0.352 e. The van der Waals surface area contributed by atoms with Crippen molar-refractivity contribution >= 4 is 50.7 Å². The first-order valence-corrected chi connectivity index (χ1v) is 17.0. The van der Waals surface area contributed by atoms with E-state index in [9.17, 15) is 22.4 Å². The van der Waals surface area contributed by atoms with Crippen molar-refractivity contribution in [2.45, 2.75) is 57.1 Å². The lowest BCUT2D eigenvalue weighted by Gasteiger charge is -2.34. The summed E-state index contributed by atoms with van der Waals surface area (Å²) in [5.41, 5.74) is 2.45. The van der Waals surface area contributed by atoms with Crippen LogP contribution in [0.4, 0.5) is 10.1 Å². The molecule has 0 saturated carbocycles. The van der Waals surface area contributed by atoms with Crippen LogP contribution in [0.1, 0.15) is 37.0 Å². The second kappa shape index (κ2) is 15.6. The highest BCUT2D eigenvalue weighted by atomic mass is 35.5. The van der Waals surface area contributed by atoms with Crippen molar-refractivity contribution in [1.29, 1.82) is 0 Å². The molecule has 0 aliphatic heterocycles. The van der Waals surface area contributed by atoms with Crippen molar-refractivity contribution in [3.05, 3.63) is 130 Å². The predicted molar refractivity (Wildman–Crippen MR) is 181 cm³/mol. The van der Waals surface area contributed by atoms with E-state index in [-0.39, 0.29) is 35.5 Å². The molecule has 0 unspecified atom stereocenters. The summed E-state index contributed by atoms with van der Waals surface area (Å²) < 4.78 is 42.8. The Labute approximate surface area is 280 Å². The fraction of sp³-hybridized carbons (Fsp3) is 0.257. The Hall–Kier alpha value is -3.92. The Morgan fingerprint density at radius 2 is 1.57 bits per heavy atom. The van der Waals surface area contributed by atoms with Gasteiger partial charge in [-0.25, -0.2) is 12.8 Å². The van der Waals surface area contributed by atoms with Crippen molar-refractivity contribution in [3.63, 3.8) is 0 Å². The molecule has 0 radical (unpaired) electrons. The Morgan fingerprint density at radius 3 is 2.17 bits per heavy atom. The zero-order valence-electron chi connectivity index (χ0n) is 25.8. The second-order valence-corrected chi connectivity index (χ2v) is 13.8. The molecular weight excluding hydrogens is 648 g/mol. The molecule has 0 saturated heterocycles. The SMILES string of the molecule is CC[C@@H](C)NC(=O)[C@@H](Cc1ccccc1)N(Cc1ccc(Cl)cc1Cl)C(=O)CN(c1ccc(C)cc1)S(=O)(=O)c1ccc(F)cc1. The average molecular weight is 685 g/mol. The van der Waals surface area contributed by atoms with Crippen molar-refractivity contribution < 1.29 is 22.4 Å². The number of halogens is 3. The maximum absolute atomic E-state index is 14.5. The maximum Gasteiger partial charge on any atom is 0.264 e. The van der Waals surface area contributed by atoms with Gasteiger partial charge >= 0.3 is 0 Å². The van der Waals surface area contributed by atoms with Gasteiger partial charge in [-0.1, -0.05) is 84.2 Å². The first-order chi connectivity index (χ1) is 21.9. The van der Waals surface area contributed by atoms with Crippen LogP contribution in [0, 0.1) is 12.7 Å². The third kappa shape index (κ3) is 8.87. The van der Waals surface area contributed by atoms with Crippen LogP contribution in [0.5, 0.6) is 0 Å². The van der Waals surface area contributed by atoms with E-state index in [1.54, 1.807) is 42.5 Å². The Balaban J connectivity index is 1.82. The van der Waals surface area contributed by atoms with Crippen LogP contribution in [0.3, 0.4) is 0 Å². The van der Waals surface area contributed by atoms with Gasteiger partial charge in [0.1, 0.15) is 18.4 Å². The van der Waals surface area contributed by atoms with Gasteiger partial charge in [-0.15, -0.1) is 0 Å². The predicted octanol–water partition coefficient (Wildman–Crippen LogP) is 7.19. The largest absolute Gasteiger partial charge is 0.352 e. The van der Waals surface area contributed by atoms with Gasteiger partial charge in [0.25, 0.3) is 10.0 Å². The van der Waals surface area contributed by atoms with Gasteiger partial charge in [0.05, 0.1) is 10.6 Å². The van der Waals surface area contributed by atoms with E-state index < -0.39 is 34.3 Å². The fourth-order valence-electron chi connectivity index (χ4n) is 4.80. The Kier molecular flexibility index (Phi) is 11.8. The topological polar surface area (TPSA) is 86.8 Å². The summed E-state index contributed by atoms with van der Waals surface area (Å²) in [5, 5.41) is 3.69. The van der Waals surface area contributed by atoms with Crippen LogP contribution in [-0.2, 0) is 32.6 Å². The van der Waals surface area contributed by atoms with E-state index in [1.165, 1.54) is 4.90 Å². The van der Waals surface area contributed by atoms with Crippen molar-refractivity contribution in [3.8, 4) is 0 Å². The molecule has 242 valence electrons. The molecule has 11 heteroatoms. The van der Waals surface area contributed by atoms with Gasteiger partial charge in [-0.3, -0.25) is 13.9 Å². The number of anilines is 1. The van der Waals surface area contributed by atoms with Crippen molar-refractivity contribution in [1.82, 2.24) is 10.2 Å². The summed E-state index contributed by atoms with van der Waals surface area (Å²) in [4.78, 5) is 29.6. The van der Waals surface area contributed by atoms with E-state index in [0.717, 1.165) is 39.7 Å². The molecule has 0 heterocycles. The third-order valence-electron chi connectivity index (χ3n) is 7.63. The monoisotopic (exact) mass is 683 g/mol. The van der Waals surface area contributed by atoms with Crippen LogP contribution >= 0.6 is 23.2 Å². The number of nitrogens with one attached hydrogen (secondary N) is 1. The molecule has 0 spiro atoms. The quantitative estimate of drug-likeness (QED) is 0.162. The lowest BCUT2D eigenvalue weighted by Crippen LogP contribution is -2.54. The second-order valence-electron chi connectivity index (χ2n) is 11.1. The molecule has 1 N–H and O–H groups in total. The van der Waals surface area contributed by atoms with Crippen LogP contribution in [0.2, 0.25) is 10.0 Å². The van der Waals surface area contributed by atoms with Gasteiger partial charge in [0.15, 0.2) is 0 Å². The average Bonchev–Trinajstić information content (AvgIpc) is 3.03. The zero-order chi connectivity index (χ0) is 33.4. The number of sulfonamides is 1. The summed E-state index contributed by atoms with van der Waals surface area (Å²) in [7, 11) is -4.35. The smallest absolute Gasteiger partial charge is 0.264 e. The van der Waals surface area contributed by atoms with Crippen molar-refractivity contribution in [2.75, 3.05) is 10.8 Å². The first kappa shape index (κ1) is 34.9. The normalized spacial score (nSPS) is 12.7. The first-order valence-electron chi connectivity index (χ1n) is 14.8. The molecule has 0 aliphatic carbocycles. The summed E-state index contributed by atoms with van der Waals surface area (Å²) >= 11 is 12.7. The maximum atomic E-state index is 14.5. The summed E-state index contributed by atoms with van der Waals surface area (Å²) in [6.07, 6.45) is 0.827. The number of carbonyl (C=O) groups excluding carboxylic acids is 2. The summed E-state index contributed by atoms with van der Waals surface area (Å²) in [5.74, 6) is -1.63. The van der Waals surface area contributed by atoms with Gasteiger partial charge in [-0.2, -0.15) is 0 Å². The minimum absolute atomic E-state index is 0.0986. The third-order valence-corrected chi connectivity index (χ3v) is 10.0. The van der Waals surface area contributed by atoms with Crippen molar-refractivity contribution in [2.24, 2.45) is 0 Å². The van der Waals surface area contributed by atoms with Gasteiger partial charge in [-0.05, 0) is 79.9 Å². The molecule has 46 heavy (non-hydrogen) atoms. The minimum atomic E-state index is -4.35. The zero-order valence-corrected chi connectivity index (χ0v) is 28.1. The molecule has 4 aromatic carbocycles. The Morgan fingerprint density at radius 1 is 0.913 bits per heavy atom. The van der Waals surface area contributed by atoms with Gasteiger partial charge < -0.3 is 10.2 Å². The van der Waals surface area contributed by atoms with Crippen LogP contribution < -0.4 is 9.62 Å². The number of hydrogen-bond acceptors (Lipinski definition) is 4. The molecule has 4 aromatic rings. The molecule has 4 rings (SSSR count). The summed E-state index contributed by atoms with van der Waals surface area (Å²) in [6, 6.07) is 24.0. The molecule has 0 bridgehead atoms. The van der Waals surface area contributed by atoms with Crippen LogP contribution in [-0.4, -0.2) is 43.8 Å². The molecule has 0 fully saturated rings. The number of aryl methyl sites for hydroxylation is 1. The number of nitrogens with zero attached hydrogens (tertiary/aromatic N) is 2. The van der Waals surface area contributed by atoms with Gasteiger partial charge in [0.2, 0.25) is 11.8 Å². The van der Waals surface area contributed by atoms with E-state index in [0.29, 0.717) is 22.0 Å². The van der Waals surface area contributed by atoms with Crippen LogP contribution in [0.15, 0.2) is 102 Å². The van der Waals surface area contributed by atoms with E-state index in [2.05, 4.69) is 5.32 Å². The molecule has 7 nitrogen and oxygen atoms in total. The molecule has 2 atom stereocenters.